The number of anilines is 2. The minimum absolute atomic E-state index is 0.0286. The van der Waals surface area contributed by atoms with Crippen molar-refractivity contribution in [2.45, 2.75) is 13.0 Å². The maximum absolute atomic E-state index is 14.4. The van der Waals surface area contributed by atoms with E-state index in [1.807, 2.05) is 6.92 Å². The molecule has 10 heteroatoms. The highest BCUT2D eigenvalue weighted by Crippen LogP contribution is 2.37. The van der Waals surface area contributed by atoms with E-state index in [4.69, 9.17) is 16.3 Å². The summed E-state index contributed by atoms with van der Waals surface area (Å²) in [6.45, 7) is 1.84. The van der Waals surface area contributed by atoms with Crippen LogP contribution < -0.4 is 10.1 Å². The van der Waals surface area contributed by atoms with Gasteiger partial charge in [-0.1, -0.05) is 27.5 Å². The third-order valence-electron chi connectivity index (χ3n) is 4.28. The van der Waals surface area contributed by atoms with Gasteiger partial charge < -0.3 is 10.1 Å². The second-order valence-electron chi connectivity index (χ2n) is 6.26. The van der Waals surface area contributed by atoms with Crippen molar-refractivity contribution in [3.8, 4) is 5.75 Å². The molecular formula is C20H13BrClF2N5O. The molecule has 0 aliphatic carbocycles. The number of fused-ring (bicyclic) bond motifs is 1. The molecule has 0 bridgehead atoms. The fourth-order valence-electron chi connectivity index (χ4n) is 2.85. The SMILES string of the molecule is C[C@H](Oc1cc(Br)cc2ncnc(Nc3ccc(F)c(Cl)c3F)c12)c1ccncn1. The van der Waals surface area contributed by atoms with Crippen molar-refractivity contribution < 1.29 is 13.5 Å². The molecule has 4 aromatic rings. The van der Waals surface area contributed by atoms with E-state index in [0.717, 1.165) is 10.5 Å². The zero-order valence-electron chi connectivity index (χ0n) is 15.4. The summed E-state index contributed by atoms with van der Waals surface area (Å²) in [6.07, 6.45) is 3.98. The molecule has 0 unspecified atom stereocenters. The zero-order chi connectivity index (χ0) is 21.3. The minimum Gasteiger partial charge on any atom is -0.484 e. The Kier molecular flexibility index (Phi) is 5.74. The standard InChI is InChI=1S/C20H13BrClF2N5O/c1-10(13-4-5-25-8-26-13)30-16-7-11(21)6-15-17(16)20(28-9-27-15)29-14-3-2-12(23)18(22)19(14)24/h2-10H,1H3,(H,27,28,29)/t10-/m0/s1. The number of hydrogen-bond donors (Lipinski definition) is 1. The van der Waals surface area contributed by atoms with Crippen LogP contribution in [0.5, 0.6) is 5.75 Å². The van der Waals surface area contributed by atoms with E-state index in [0.29, 0.717) is 22.3 Å². The average molecular weight is 493 g/mol. The molecule has 1 N–H and O–H groups in total. The Morgan fingerprint density at radius 2 is 1.93 bits per heavy atom. The van der Waals surface area contributed by atoms with Crippen molar-refractivity contribution >= 4 is 49.9 Å². The average Bonchev–Trinajstić information content (AvgIpc) is 2.74. The van der Waals surface area contributed by atoms with Gasteiger partial charge in [0.05, 0.1) is 22.3 Å². The molecule has 0 saturated carbocycles. The second kappa shape index (κ2) is 8.45. The summed E-state index contributed by atoms with van der Waals surface area (Å²) in [5, 5.41) is 2.77. The van der Waals surface area contributed by atoms with Crippen LogP contribution in [0, 0.1) is 11.6 Å². The van der Waals surface area contributed by atoms with Gasteiger partial charge in [0.25, 0.3) is 0 Å². The number of halogens is 4. The predicted octanol–water partition coefficient (Wildman–Crippen LogP) is 6.00. The molecule has 0 radical (unpaired) electrons. The second-order valence-corrected chi connectivity index (χ2v) is 7.56. The molecule has 0 aliphatic rings. The molecule has 152 valence electrons. The lowest BCUT2D eigenvalue weighted by molar-refractivity contribution is 0.224. The van der Waals surface area contributed by atoms with Crippen LogP contribution in [0.1, 0.15) is 18.7 Å². The largest absolute Gasteiger partial charge is 0.484 e. The van der Waals surface area contributed by atoms with Crippen LogP contribution in [0.3, 0.4) is 0 Å². The van der Waals surface area contributed by atoms with E-state index in [9.17, 15) is 8.78 Å². The minimum atomic E-state index is -0.919. The van der Waals surface area contributed by atoms with Crippen molar-refractivity contribution in [3.05, 3.63) is 76.0 Å². The lowest BCUT2D eigenvalue weighted by Crippen LogP contribution is -2.07. The van der Waals surface area contributed by atoms with Gasteiger partial charge in [0, 0.05) is 10.7 Å². The molecule has 2 aromatic carbocycles. The van der Waals surface area contributed by atoms with Gasteiger partial charge >= 0.3 is 0 Å². The highest BCUT2D eigenvalue weighted by atomic mass is 79.9. The van der Waals surface area contributed by atoms with E-state index in [1.54, 1.807) is 24.4 Å². The Hall–Kier alpha value is -2.91. The topological polar surface area (TPSA) is 72.8 Å². The van der Waals surface area contributed by atoms with E-state index in [1.165, 1.54) is 18.7 Å². The van der Waals surface area contributed by atoms with Crippen LogP contribution in [-0.4, -0.2) is 19.9 Å². The van der Waals surface area contributed by atoms with Crippen LogP contribution >= 0.6 is 27.5 Å². The van der Waals surface area contributed by atoms with Gasteiger partial charge in [0.2, 0.25) is 0 Å². The summed E-state index contributed by atoms with van der Waals surface area (Å²) in [4.78, 5) is 16.6. The van der Waals surface area contributed by atoms with E-state index in [-0.39, 0.29) is 11.5 Å². The molecule has 0 saturated heterocycles. The molecule has 2 aromatic heterocycles. The van der Waals surface area contributed by atoms with Crippen molar-refractivity contribution in [1.29, 1.82) is 0 Å². The van der Waals surface area contributed by atoms with Gasteiger partial charge in [0.15, 0.2) is 5.82 Å². The number of aromatic nitrogens is 4. The quantitative estimate of drug-likeness (QED) is 0.345. The molecule has 0 amide bonds. The number of nitrogens with one attached hydrogen (secondary N) is 1. The van der Waals surface area contributed by atoms with Gasteiger partial charge in [-0.15, -0.1) is 0 Å². The molecule has 6 nitrogen and oxygen atoms in total. The fourth-order valence-corrected chi connectivity index (χ4v) is 3.44. The Balaban J connectivity index is 1.79. The summed E-state index contributed by atoms with van der Waals surface area (Å²) in [6, 6.07) is 7.59. The van der Waals surface area contributed by atoms with Crippen LogP contribution in [0.25, 0.3) is 10.9 Å². The molecule has 0 fully saturated rings. The molecule has 0 aliphatic heterocycles. The Morgan fingerprint density at radius 3 is 2.70 bits per heavy atom. The lowest BCUT2D eigenvalue weighted by atomic mass is 10.2. The first kappa shape index (κ1) is 20.4. The first-order valence-corrected chi connectivity index (χ1v) is 9.88. The number of benzene rings is 2. The van der Waals surface area contributed by atoms with Gasteiger partial charge in [0.1, 0.15) is 41.2 Å². The highest BCUT2D eigenvalue weighted by molar-refractivity contribution is 9.10. The number of ether oxygens (including phenoxy) is 1. The number of rotatable bonds is 5. The van der Waals surface area contributed by atoms with Crippen LogP contribution in [0.15, 0.2) is 53.7 Å². The Morgan fingerprint density at radius 1 is 1.10 bits per heavy atom. The Labute approximate surface area is 183 Å². The molecule has 2 heterocycles. The molecule has 1 atom stereocenters. The predicted molar refractivity (Wildman–Crippen MR) is 113 cm³/mol. The number of hydrogen-bond acceptors (Lipinski definition) is 6. The van der Waals surface area contributed by atoms with Crippen LogP contribution in [0.2, 0.25) is 5.02 Å². The van der Waals surface area contributed by atoms with Crippen molar-refractivity contribution in [1.82, 2.24) is 19.9 Å². The van der Waals surface area contributed by atoms with Gasteiger partial charge in [-0.25, -0.2) is 28.7 Å². The maximum Gasteiger partial charge on any atom is 0.168 e. The third kappa shape index (κ3) is 4.03. The summed E-state index contributed by atoms with van der Waals surface area (Å²) in [5.41, 5.74) is 1.21. The number of nitrogens with zero attached hydrogens (tertiary/aromatic N) is 4. The van der Waals surface area contributed by atoms with Crippen LogP contribution in [0.4, 0.5) is 20.3 Å². The van der Waals surface area contributed by atoms with E-state index >= 15 is 0 Å². The monoisotopic (exact) mass is 491 g/mol. The molecular weight excluding hydrogens is 480 g/mol. The van der Waals surface area contributed by atoms with Crippen molar-refractivity contribution in [3.63, 3.8) is 0 Å². The normalized spacial score (nSPS) is 12.0. The van der Waals surface area contributed by atoms with Gasteiger partial charge in [-0.05, 0) is 37.3 Å². The fraction of sp³-hybridized carbons (Fsp3) is 0.100. The van der Waals surface area contributed by atoms with Gasteiger partial charge in [-0.3, -0.25) is 0 Å². The summed E-state index contributed by atoms with van der Waals surface area (Å²) >= 11 is 9.13. The summed E-state index contributed by atoms with van der Waals surface area (Å²) in [5.74, 6) is -1.04. The highest BCUT2D eigenvalue weighted by Gasteiger charge is 2.18. The Bertz CT molecular complexity index is 1230. The van der Waals surface area contributed by atoms with E-state index in [2.05, 4.69) is 41.2 Å². The molecule has 4 rings (SSSR count). The zero-order valence-corrected chi connectivity index (χ0v) is 17.7. The van der Waals surface area contributed by atoms with Gasteiger partial charge in [-0.2, -0.15) is 0 Å². The lowest BCUT2D eigenvalue weighted by Gasteiger charge is -2.18. The molecule has 0 spiro atoms. The smallest absolute Gasteiger partial charge is 0.168 e. The van der Waals surface area contributed by atoms with Crippen LogP contribution in [-0.2, 0) is 0 Å². The first-order chi connectivity index (χ1) is 14.4. The summed E-state index contributed by atoms with van der Waals surface area (Å²) < 4.78 is 34.8. The summed E-state index contributed by atoms with van der Waals surface area (Å²) in [7, 11) is 0. The van der Waals surface area contributed by atoms with Crippen molar-refractivity contribution in [2.24, 2.45) is 0 Å². The molecule has 30 heavy (non-hydrogen) atoms. The van der Waals surface area contributed by atoms with E-state index < -0.39 is 22.8 Å². The third-order valence-corrected chi connectivity index (χ3v) is 5.08. The first-order valence-electron chi connectivity index (χ1n) is 8.71. The van der Waals surface area contributed by atoms with Crippen molar-refractivity contribution in [2.75, 3.05) is 5.32 Å². The maximum atomic E-state index is 14.4.